The molecule has 26 heavy (non-hydrogen) atoms. The van der Waals surface area contributed by atoms with Crippen LogP contribution in [0.15, 0.2) is 29.8 Å². The van der Waals surface area contributed by atoms with Crippen LogP contribution in [0.5, 0.6) is 0 Å². The van der Waals surface area contributed by atoms with Gasteiger partial charge >= 0.3 is 0 Å². The molecule has 10 heteroatoms. The van der Waals surface area contributed by atoms with Gasteiger partial charge in [0.15, 0.2) is 10.8 Å². The molecule has 0 bridgehead atoms. The smallest absolute Gasteiger partial charge is 0.290 e. The molecule has 1 unspecified atom stereocenters. The largest absolute Gasteiger partial charge is 0.483 e. The summed E-state index contributed by atoms with van der Waals surface area (Å²) in [7, 11) is -0.576. The first-order chi connectivity index (χ1) is 12.5. The van der Waals surface area contributed by atoms with Crippen LogP contribution in [0.4, 0.5) is 4.39 Å². The summed E-state index contributed by atoms with van der Waals surface area (Å²) in [4.78, 5) is 46.1. The summed E-state index contributed by atoms with van der Waals surface area (Å²) in [5.74, 6) is -0.991. The molecule has 2 N–H and O–H groups in total. The fourth-order valence-corrected chi connectivity index (χ4v) is 3.53. The van der Waals surface area contributed by atoms with Crippen LogP contribution >= 0.6 is 20.3 Å². The van der Waals surface area contributed by atoms with Gasteiger partial charge < -0.3 is 14.3 Å². The fourth-order valence-electron chi connectivity index (χ4n) is 2.27. The van der Waals surface area contributed by atoms with Crippen molar-refractivity contribution in [3.05, 3.63) is 51.9 Å². The van der Waals surface area contributed by atoms with Crippen molar-refractivity contribution in [2.24, 2.45) is 0 Å². The normalized spacial score (nSPS) is 10.7. The molecule has 3 rings (SSSR count). The molecule has 7 nitrogen and oxygen atoms in total. The van der Waals surface area contributed by atoms with Crippen molar-refractivity contribution in [1.82, 2.24) is 9.32 Å². The lowest BCUT2D eigenvalue weighted by atomic mass is 10.1. The van der Waals surface area contributed by atoms with Crippen molar-refractivity contribution >= 4 is 49.2 Å². The van der Waals surface area contributed by atoms with Crippen LogP contribution in [-0.2, 0) is 4.79 Å². The molecule has 0 fully saturated rings. The van der Waals surface area contributed by atoms with Crippen LogP contribution in [0.2, 0.25) is 0 Å². The second-order valence-corrected chi connectivity index (χ2v) is 6.46. The number of hydrogen-bond donors (Lipinski definition) is 2. The molecule has 1 atom stereocenters. The van der Waals surface area contributed by atoms with E-state index in [1.165, 1.54) is 28.7 Å². The lowest BCUT2D eigenvalue weighted by Gasteiger charge is -1.97. The Hall–Kier alpha value is -2.48. The Morgan fingerprint density at radius 3 is 2.73 bits per heavy atom. The first kappa shape index (κ1) is 19.8. The predicted molar refractivity (Wildman–Crippen MR) is 96.7 cm³/mol. The summed E-state index contributed by atoms with van der Waals surface area (Å²) >= 11 is 1.08. The van der Waals surface area contributed by atoms with Crippen LogP contribution in [0.1, 0.15) is 39.2 Å². The highest BCUT2D eigenvalue weighted by Gasteiger charge is 2.21. The molecule has 136 valence electrons. The summed E-state index contributed by atoms with van der Waals surface area (Å²) in [6, 6.07) is 4.04. The summed E-state index contributed by atoms with van der Waals surface area (Å²) in [6.07, 6.45) is 1.79. The number of hydrogen-bond acceptors (Lipinski definition) is 6. The monoisotopic (exact) mass is 396 g/mol. The third-order valence-corrected chi connectivity index (χ3v) is 4.85. The van der Waals surface area contributed by atoms with E-state index in [1.807, 2.05) is 0 Å². The number of Topliss-reactive ketones (excluding diaryl/α,β-unsaturated/α-hetero) is 1. The molecule has 3 aromatic rings. The van der Waals surface area contributed by atoms with Crippen LogP contribution < -0.4 is 0 Å². The van der Waals surface area contributed by atoms with Crippen LogP contribution in [0, 0.1) is 5.82 Å². The van der Waals surface area contributed by atoms with Gasteiger partial charge in [0, 0.05) is 23.4 Å². The fraction of sp³-hybridized carbons (Fsp3) is 0.125. The van der Waals surface area contributed by atoms with E-state index in [9.17, 15) is 18.9 Å². The molecular formula is C16H14FN2O5PS. The lowest BCUT2D eigenvalue weighted by Crippen LogP contribution is -2.02. The number of carboxylic acid groups (broad SMARTS) is 1. The van der Waals surface area contributed by atoms with Crippen molar-refractivity contribution in [2.75, 3.05) is 0 Å². The Morgan fingerprint density at radius 2 is 2.12 bits per heavy atom. The van der Waals surface area contributed by atoms with Gasteiger partial charge in [0.2, 0.25) is 5.78 Å². The van der Waals surface area contributed by atoms with Crippen LogP contribution in [-0.4, -0.2) is 37.4 Å². The van der Waals surface area contributed by atoms with Gasteiger partial charge in [-0.3, -0.25) is 14.4 Å². The van der Waals surface area contributed by atoms with E-state index in [2.05, 4.69) is 4.98 Å². The third-order valence-electron chi connectivity index (χ3n) is 3.42. The average Bonchev–Trinajstić information content (AvgIpc) is 3.26. The molecule has 0 saturated carbocycles. The van der Waals surface area contributed by atoms with E-state index in [-0.39, 0.29) is 28.5 Å². The van der Waals surface area contributed by atoms with Gasteiger partial charge in [0.25, 0.3) is 6.47 Å². The van der Waals surface area contributed by atoms with Crippen molar-refractivity contribution in [2.45, 2.75) is 13.3 Å². The van der Waals surface area contributed by atoms with Gasteiger partial charge in [-0.1, -0.05) is 6.92 Å². The summed E-state index contributed by atoms with van der Waals surface area (Å²) in [5, 5.41) is 9.02. The molecule has 0 aliphatic carbocycles. The zero-order valence-electron chi connectivity index (χ0n) is 13.5. The maximum atomic E-state index is 13.5. The average molecular weight is 396 g/mol. The minimum atomic E-state index is -0.576. The molecule has 0 saturated heterocycles. The Morgan fingerprint density at radius 1 is 1.42 bits per heavy atom. The molecular weight excluding hydrogens is 382 g/mol. The van der Waals surface area contributed by atoms with E-state index >= 15 is 0 Å². The molecule has 0 amide bonds. The van der Waals surface area contributed by atoms with Gasteiger partial charge in [-0.15, -0.1) is 11.3 Å². The van der Waals surface area contributed by atoms with Crippen molar-refractivity contribution in [1.29, 1.82) is 0 Å². The number of carbonyl (C=O) groups excluding carboxylic acids is 2. The zero-order valence-corrected chi connectivity index (χ0v) is 15.3. The quantitative estimate of drug-likeness (QED) is 0.390. The van der Waals surface area contributed by atoms with E-state index < -0.39 is 20.6 Å². The number of nitrogens with zero attached hydrogens (tertiary/aromatic N) is 2. The molecule has 2 aromatic heterocycles. The number of aromatic nitrogens is 2. The predicted octanol–water partition coefficient (Wildman–Crippen LogP) is 3.11. The Kier molecular flexibility index (Phi) is 6.68. The number of carbonyl (C=O) groups is 3. The molecule has 1 aromatic carbocycles. The highest BCUT2D eigenvalue weighted by Crippen LogP contribution is 2.29. The number of thiazole rings is 1. The van der Waals surface area contributed by atoms with E-state index in [0.29, 0.717) is 17.3 Å². The van der Waals surface area contributed by atoms with Crippen LogP contribution in [0.25, 0.3) is 10.9 Å². The van der Waals surface area contributed by atoms with Gasteiger partial charge in [-0.2, -0.15) is 0 Å². The highest BCUT2D eigenvalue weighted by molar-refractivity contribution is 7.29. The Labute approximate surface area is 153 Å². The van der Waals surface area contributed by atoms with Crippen molar-refractivity contribution in [3.8, 4) is 0 Å². The van der Waals surface area contributed by atoms with Gasteiger partial charge in [-0.05, 0) is 18.2 Å². The lowest BCUT2D eigenvalue weighted by molar-refractivity contribution is -0.122. The van der Waals surface area contributed by atoms with Gasteiger partial charge in [0.05, 0.1) is 11.1 Å². The summed E-state index contributed by atoms with van der Waals surface area (Å²) < 4.78 is 15.0. The zero-order chi connectivity index (χ0) is 19.3. The molecule has 2 heterocycles. The van der Waals surface area contributed by atoms with Crippen LogP contribution in [0.3, 0.4) is 0 Å². The van der Waals surface area contributed by atoms with Gasteiger partial charge in [-0.25, -0.2) is 9.37 Å². The first-order valence-electron chi connectivity index (χ1n) is 7.28. The number of benzene rings is 1. The number of halogens is 1. The minimum absolute atomic E-state index is 0.134. The standard InChI is InChI=1S/C15H12FN2O3PS.CH2O2/c1-2-13(19)11-7-23-15(17-11)14(20)10-6-18(22-21)12-4-3-8(16)5-9(10)12;2-1-3/h3-7,21-22H,2H2,1H3;1H,(H,2,3). The molecule has 0 spiro atoms. The number of ketones is 2. The number of rotatable bonds is 5. The second-order valence-electron chi connectivity index (χ2n) is 4.92. The Bertz CT molecular complexity index is 969. The Balaban J connectivity index is 0.000000758. The van der Waals surface area contributed by atoms with E-state index in [1.54, 1.807) is 12.3 Å². The minimum Gasteiger partial charge on any atom is -0.483 e. The van der Waals surface area contributed by atoms with Gasteiger partial charge in [0.1, 0.15) is 20.5 Å². The van der Waals surface area contributed by atoms with Crippen molar-refractivity contribution < 1.29 is 28.8 Å². The highest BCUT2D eigenvalue weighted by atomic mass is 32.1. The second kappa shape index (κ2) is 8.75. The maximum absolute atomic E-state index is 13.5. The van der Waals surface area contributed by atoms with Crippen molar-refractivity contribution in [3.63, 3.8) is 0 Å². The van der Waals surface area contributed by atoms with E-state index in [0.717, 1.165) is 11.3 Å². The topological polar surface area (TPSA) is 109 Å². The molecule has 0 aliphatic heterocycles. The third kappa shape index (κ3) is 4.01. The molecule has 0 aliphatic rings. The SMILES string of the molecule is CCC(=O)c1csc(C(=O)c2cn(PO)c3ccc(F)cc23)n1.O=CO. The maximum Gasteiger partial charge on any atom is 0.290 e. The summed E-state index contributed by atoms with van der Waals surface area (Å²) in [6.45, 7) is 1.47. The first-order valence-corrected chi connectivity index (χ1v) is 9.06. The summed E-state index contributed by atoms with van der Waals surface area (Å²) in [5.41, 5.74) is 1.09. The van der Waals surface area contributed by atoms with E-state index in [4.69, 9.17) is 9.90 Å². The molecule has 0 radical (unpaired) electrons. The number of fused-ring (bicyclic) bond motifs is 1.